The van der Waals surface area contributed by atoms with E-state index in [2.05, 4.69) is 62.1 Å². The molecule has 152 valence electrons. The number of fused-ring (bicyclic) bond motifs is 1. The molecule has 2 fully saturated rings. The van der Waals surface area contributed by atoms with E-state index in [0.29, 0.717) is 17.0 Å². The number of aryl methyl sites for hydroxylation is 1. The molecule has 1 spiro atoms. The molecule has 0 aliphatic carbocycles. The minimum Gasteiger partial charge on any atom is -0.422 e. The van der Waals surface area contributed by atoms with Crippen molar-refractivity contribution in [1.29, 1.82) is 0 Å². The molecule has 4 heterocycles. The van der Waals surface area contributed by atoms with Crippen LogP contribution in [0.4, 0.5) is 5.82 Å². The molecule has 0 amide bonds. The van der Waals surface area contributed by atoms with Gasteiger partial charge in [-0.3, -0.25) is 0 Å². The lowest BCUT2D eigenvalue weighted by Crippen LogP contribution is -2.50. The second-order valence-corrected chi connectivity index (χ2v) is 8.81. The number of nitrogens with zero attached hydrogens (tertiary/aromatic N) is 5. The van der Waals surface area contributed by atoms with Crippen LogP contribution in [0.25, 0.3) is 11.2 Å². The van der Waals surface area contributed by atoms with E-state index in [1.807, 2.05) is 6.92 Å². The molecule has 0 radical (unpaired) electrons. The third-order valence-electron chi connectivity index (χ3n) is 6.73. The molecular formula is C23H29N5O. The summed E-state index contributed by atoms with van der Waals surface area (Å²) in [5, 5.41) is 0. The van der Waals surface area contributed by atoms with Crippen LogP contribution in [-0.2, 0) is 6.42 Å². The van der Waals surface area contributed by atoms with Crippen LogP contribution in [0.3, 0.4) is 0 Å². The topological polar surface area (TPSA) is 58.3 Å². The molecule has 1 atom stereocenters. The number of aromatic nitrogens is 3. The Bertz CT molecular complexity index is 977. The maximum Gasteiger partial charge on any atom is 0.252 e. The van der Waals surface area contributed by atoms with Gasteiger partial charge in [-0.2, -0.15) is 4.98 Å². The zero-order valence-electron chi connectivity index (χ0n) is 17.3. The molecule has 6 nitrogen and oxygen atoms in total. The van der Waals surface area contributed by atoms with E-state index in [4.69, 9.17) is 4.42 Å². The van der Waals surface area contributed by atoms with E-state index in [-0.39, 0.29) is 0 Å². The Kier molecular flexibility index (Phi) is 4.74. The summed E-state index contributed by atoms with van der Waals surface area (Å²) < 4.78 is 5.74. The fourth-order valence-electron chi connectivity index (χ4n) is 5.34. The Balaban J connectivity index is 1.35. The van der Waals surface area contributed by atoms with E-state index in [0.717, 1.165) is 43.3 Å². The summed E-state index contributed by atoms with van der Waals surface area (Å²) in [6.45, 7) is 6.41. The molecule has 0 bridgehead atoms. The number of benzene rings is 1. The normalized spacial score (nSPS) is 22.4. The number of piperidine rings is 2. The highest BCUT2D eigenvalue weighted by atomic mass is 16.4. The summed E-state index contributed by atoms with van der Waals surface area (Å²) in [6, 6.07) is 11.0. The van der Waals surface area contributed by atoms with Crippen molar-refractivity contribution in [3.8, 4) is 0 Å². The van der Waals surface area contributed by atoms with Gasteiger partial charge >= 0.3 is 0 Å². The van der Waals surface area contributed by atoms with Crippen LogP contribution >= 0.6 is 0 Å². The highest BCUT2D eigenvalue weighted by Crippen LogP contribution is 2.45. The van der Waals surface area contributed by atoms with Crippen molar-refractivity contribution in [3.05, 3.63) is 48.1 Å². The van der Waals surface area contributed by atoms with Crippen LogP contribution in [0.2, 0.25) is 0 Å². The number of likely N-dealkylation sites (tertiary alicyclic amines) is 1. The average Bonchev–Trinajstić information content (AvgIpc) is 3.18. The molecule has 0 saturated carbocycles. The van der Waals surface area contributed by atoms with Crippen molar-refractivity contribution >= 4 is 17.0 Å². The molecule has 1 aromatic carbocycles. The Morgan fingerprint density at radius 1 is 1.14 bits per heavy atom. The van der Waals surface area contributed by atoms with Gasteiger partial charge in [0.05, 0.1) is 0 Å². The highest BCUT2D eigenvalue weighted by Gasteiger charge is 2.41. The molecule has 0 N–H and O–H groups in total. The average molecular weight is 392 g/mol. The van der Waals surface area contributed by atoms with Crippen LogP contribution in [0.15, 0.2) is 41.1 Å². The number of oxazole rings is 1. The zero-order valence-corrected chi connectivity index (χ0v) is 17.3. The molecule has 2 aromatic heterocycles. The van der Waals surface area contributed by atoms with Crippen LogP contribution in [0.5, 0.6) is 0 Å². The first kappa shape index (κ1) is 18.6. The lowest BCUT2D eigenvalue weighted by molar-refractivity contribution is 0.0671. The Labute approximate surface area is 172 Å². The number of likely N-dealkylation sites (N-methyl/N-ethyl adjacent to an activating group) is 1. The molecular weight excluding hydrogens is 362 g/mol. The van der Waals surface area contributed by atoms with Crippen molar-refractivity contribution in [1.82, 2.24) is 19.9 Å². The number of hydrogen-bond donors (Lipinski definition) is 0. The largest absolute Gasteiger partial charge is 0.422 e. The lowest BCUT2D eigenvalue weighted by atomic mass is 9.68. The van der Waals surface area contributed by atoms with Gasteiger partial charge in [-0.1, -0.05) is 37.3 Å². The van der Waals surface area contributed by atoms with Gasteiger partial charge in [-0.15, -0.1) is 0 Å². The van der Waals surface area contributed by atoms with E-state index >= 15 is 0 Å². The Morgan fingerprint density at radius 3 is 2.69 bits per heavy atom. The molecule has 1 unspecified atom stereocenters. The fraction of sp³-hybridized carbons (Fsp3) is 0.522. The van der Waals surface area contributed by atoms with Crippen LogP contribution in [0, 0.1) is 5.41 Å². The predicted octanol–water partition coefficient (Wildman–Crippen LogP) is 3.89. The molecule has 2 saturated heterocycles. The van der Waals surface area contributed by atoms with Gasteiger partial charge in [0.1, 0.15) is 6.33 Å². The maximum absolute atomic E-state index is 5.74. The first-order chi connectivity index (χ1) is 14.2. The molecule has 2 aliphatic heterocycles. The van der Waals surface area contributed by atoms with Crippen molar-refractivity contribution in [2.24, 2.45) is 5.41 Å². The van der Waals surface area contributed by atoms with Gasteiger partial charge in [-0.25, -0.2) is 9.97 Å². The van der Waals surface area contributed by atoms with E-state index in [1.54, 1.807) is 6.33 Å². The van der Waals surface area contributed by atoms with Gasteiger partial charge in [-0.05, 0) is 43.2 Å². The van der Waals surface area contributed by atoms with Crippen molar-refractivity contribution in [2.75, 3.05) is 38.1 Å². The van der Waals surface area contributed by atoms with Crippen molar-refractivity contribution in [2.45, 2.75) is 38.5 Å². The smallest absolute Gasteiger partial charge is 0.252 e. The summed E-state index contributed by atoms with van der Waals surface area (Å²) in [6.07, 6.45) is 6.02. The molecule has 5 rings (SSSR count). The van der Waals surface area contributed by atoms with Gasteiger partial charge < -0.3 is 14.2 Å². The maximum atomic E-state index is 5.74. The van der Waals surface area contributed by atoms with Gasteiger partial charge in [0, 0.05) is 32.6 Å². The predicted molar refractivity (Wildman–Crippen MR) is 114 cm³/mol. The quantitative estimate of drug-likeness (QED) is 0.675. The summed E-state index contributed by atoms with van der Waals surface area (Å²) in [7, 11) is 2.28. The zero-order chi connectivity index (χ0) is 19.8. The van der Waals surface area contributed by atoms with Gasteiger partial charge in [0.15, 0.2) is 17.2 Å². The minimum absolute atomic E-state index is 0.383. The number of rotatable bonds is 3. The van der Waals surface area contributed by atoms with E-state index in [9.17, 15) is 0 Å². The van der Waals surface area contributed by atoms with E-state index < -0.39 is 0 Å². The lowest BCUT2D eigenvalue weighted by Gasteiger charge is -2.49. The third-order valence-corrected chi connectivity index (χ3v) is 6.73. The Morgan fingerprint density at radius 2 is 1.93 bits per heavy atom. The molecule has 2 aliphatic rings. The SMILES string of the molecule is CCc1nc2c(N3CCC4(CC3)CC(c3ccccc3)CN(C)C4)ncnc2o1. The second-order valence-electron chi connectivity index (χ2n) is 8.81. The van der Waals surface area contributed by atoms with E-state index in [1.165, 1.54) is 31.4 Å². The van der Waals surface area contributed by atoms with Crippen molar-refractivity contribution < 1.29 is 4.42 Å². The van der Waals surface area contributed by atoms with Gasteiger partial charge in [0.2, 0.25) is 0 Å². The molecule has 29 heavy (non-hydrogen) atoms. The summed E-state index contributed by atoms with van der Waals surface area (Å²) in [5.74, 6) is 2.28. The van der Waals surface area contributed by atoms with Gasteiger partial charge in [0.25, 0.3) is 5.71 Å². The molecule has 3 aromatic rings. The molecule has 6 heteroatoms. The monoisotopic (exact) mass is 391 g/mol. The summed E-state index contributed by atoms with van der Waals surface area (Å²) in [5.41, 5.74) is 3.28. The van der Waals surface area contributed by atoms with Crippen LogP contribution in [-0.4, -0.2) is 53.1 Å². The number of hydrogen-bond acceptors (Lipinski definition) is 6. The number of anilines is 1. The first-order valence-electron chi connectivity index (χ1n) is 10.7. The van der Waals surface area contributed by atoms with Crippen LogP contribution < -0.4 is 4.90 Å². The summed E-state index contributed by atoms with van der Waals surface area (Å²) in [4.78, 5) is 18.4. The standard InChI is InChI=1S/C23H29N5O/c1-3-19-26-20-21(24-16-25-22(20)29-19)28-11-9-23(10-12-28)13-18(14-27(2)15-23)17-7-5-4-6-8-17/h4-8,16,18H,3,9-15H2,1-2H3. The van der Waals surface area contributed by atoms with Crippen molar-refractivity contribution in [3.63, 3.8) is 0 Å². The Hall–Kier alpha value is -2.47. The highest BCUT2D eigenvalue weighted by molar-refractivity contribution is 5.81. The van der Waals surface area contributed by atoms with Crippen LogP contribution in [0.1, 0.15) is 43.6 Å². The third kappa shape index (κ3) is 3.50. The fourth-order valence-corrected chi connectivity index (χ4v) is 5.34. The minimum atomic E-state index is 0.383. The second kappa shape index (κ2) is 7.41. The summed E-state index contributed by atoms with van der Waals surface area (Å²) >= 11 is 0. The first-order valence-corrected chi connectivity index (χ1v) is 10.7.